The molecule has 3 rings (SSSR count). The van der Waals surface area contributed by atoms with Crippen LogP contribution in [-0.2, 0) is 6.54 Å². The van der Waals surface area contributed by atoms with Crippen molar-refractivity contribution in [2.45, 2.75) is 33.7 Å². The van der Waals surface area contributed by atoms with Crippen molar-refractivity contribution >= 4 is 11.9 Å². The highest BCUT2D eigenvalue weighted by Crippen LogP contribution is 2.31. The molecule has 0 radical (unpaired) electrons. The highest BCUT2D eigenvalue weighted by atomic mass is 19.1. The lowest BCUT2D eigenvalue weighted by Crippen LogP contribution is -2.11. The van der Waals surface area contributed by atoms with Gasteiger partial charge in [0.1, 0.15) is 17.2 Å². The van der Waals surface area contributed by atoms with E-state index in [-0.39, 0.29) is 5.82 Å². The normalized spacial score (nSPS) is 12.5. The second-order valence-electron chi connectivity index (χ2n) is 7.43. The standard InChI is InChI=1S/C24H30FN5O/c1-6-28-29(5)18(3)17(2)11-12-31-23-13-20(25)8-9-22(23)19-7-10-24-27-15-21(14-26-4)30(24)16-19/h6-10,13,15-16,26H,11-12,14H2,1-5H3/b18-17+,28-6+. The van der Waals surface area contributed by atoms with Crippen molar-refractivity contribution in [2.24, 2.45) is 5.10 Å². The molecule has 164 valence electrons. The zero-order valence-electron chi connectivity index (χ0n) is 18.8. The molecule has 31 heavy (non-hydrogen) atoms. The summed E-state index contributed by atoms with van der Waals surface area (Å²) in [6.07, 6.45) is 6.35. The molecular formula is C24H30FN5O. The fraction of sp³-hybridized carbons (Fsp3) is 0.333. The predicted octanol–water partition coefficient (Wildman–Crippen LogP) is 4.86. The Bertz CT molecular complexity index is 1100. The summed E-state index contributed by atoms with van der Waals surface area (Å²) >= 11 is 0. The van der Waals surface area contributed by atoms with Gasteiger partial charge in [0.05, 0.1) is 18.5 Å². The Kier molecular flexibility index (Phi) is 7.41. The van der Waals surface area contributed by atoms with Crippen LogP contribution in [0, 0.1) is 5.82 Å². The van der Waals surface area contributed by atoms with Crippen LogP contribution >= 0.6 is 0 Å². The van der Waals surface area contributed by atoms with Crippen LogP contribution in [0.3, 0.4) is 0 Å². The number of ether oxygens (including phenoxy) is 1. The van der Waals surface area contributed by atoms with E-state index in [0.717, 1.165) is 34.6 Å². The van der Waals surface area contributed by atoms with Gasteiger partial charge < -0.3 is 14.5 Å². The summed E-state index contributed by atoms with van der Waals surface area (Å²) in [5, 5.41) is 9.26. The van der Waals surface area contributed by atoms with E-state index in [1.54, 1.807) is 12.3 Å². The molecule has 0 amide bonds. The zero-order valence-corrected chi connectivity index (χ0v) is 18.8. The molecule has 0 saturated carbocycles. The molecule has 0 aliphatic heterocycles. The van der Waals surface area contributed by atoms with Crippen molar-refractivity contribution < 1.29 is 9.13 Å². The van der Waals surface area contributed by atoms with Gasteiger partial charge >= 0.3 is 0 Å². The fourth-order valence-corrected chi connectivity index (χ4v) is 3.39. The van der Waals surface area contributed by atoms with Crippen LogP contribution < -0.4 is 10.1 Å². The number of fused-ring (bicyclic) bond motifs is 1. The van der Waals surface area contributed by atoms with Gasteiger partial charge in [-0.05, 0) is 57.7 Å². The van der Waals surface area contributed by atoms with Crippen LogP contribution in [0.15, 0.2) is 59.1 Å². The average Bonchev–Trinajstić information content (AvgIpc) is 3.16. The Morgan fingerprint density at radius 1 is 1.29 bits per heavy atom. The van der Waals surface area contributed by atoms with Crippen molar-refractivity contribution in [3.05, 3.63) is 65.5 Å². The lowest BCUT2D eigenvalue weighted by atomic mass is 10.1. The number of rotatable bonds is 9. The van der Waals surface area contributed by atoms with E-state index in [9.17, 15) is 4.39 Å². The van der Waals surface area contributed by atoms with Crippen LogP contribution in [0.1, 0.15) is 32.9 Å². The van der Waals surface area contributed by atoms with Gasteiger partial charge in [0.2, 0.25) is 0 Å². The van der Waals surface area contributed by atoms with Crippen LogP contribution in [0.25, 0.3) is 16.8 Å². The monoisotopic (exact) mass is 423 g/mol. The molecule has 0 unspecified atom stereocenters. The van der Waals surface area contributed by atoms with Crippen molar-refractivity contribution in [3.63, 3.8) is 0 Å². The van der Waals surface area contributed by atoms with E-state index in [1.165, 1.54) is 17.7 Å². The van der Waals surface area contributed by atoms with E-state index >= 15 is 0 Å². The number of hydrogen-bond donors (Lipinski definition) is 1. The van der Waals surface area contributed by atoms with Gasteiger partial charge in [-0.25, -0.2) is 9.37 Å². The van der Waals surface area contributed by atoms with Crippen LogP contribution in [0.4, 0.5) is 4.39 Å². The van der Waals surface area contributed by atoms with Gasteiger partial charge in [0, 0.05) is 55.3 Å². The maximum Gasteiger partial charge on any atom is 0.136 e. The number of nitrogens with one attached hydrogen (secondary N) is 1. The summed E-state index contributed by atoms with van der Waals surface area (Å²) in [4.78, 5) is 4.43. The van der Waals surface area contributed by atoms with Gasteiger partial charge in [-0.15, -0.1) is 0 Å². The fourth-order valence-electron chi connectivity index (χ4n) is 3.39. The summed E-state index contributed by atoms with van der Waals surface area (Å²) in [5.74, 6) is 0.207. The summed E-state index contributed by atoms with van der Waals surface area (Å²) in [6.45, 7) is 7.12. The topological polar surface area (TPSA) is 54.2 Å². The second-order valence-corrected chi connectivity index (χ2v) is 7.43. The van der Waals surface area contributed by atoms with Crippen LogP contribution in [0.2, 0.25) is 0 Å². The molecule has 6 nitrogen and oxygen atoms in total. The number of aromatic nitrogens is 2. The minimum Gasteiger partial charge on any atom is -0.493 e. The molecular weight excluding hydrogens is 393 g/mol. The first-order valence-corrected chi connectivity index (χ1v) is 10.4. The first-order chi connectivity index (χ1) is 14.9. The number of hydrazone groups is 1. The second kappa shape index (κ2) is 10.2. The summed E-state index contributed by atoms with van der Waals surface area (Å²) in [6, 6.07) is 8.61. The molecule has 0 spiro atoms. The number of halogens is 1. The molecule has 2 heterocycles. The van der Waals surface area contributed by atoms with Gasteiger partial charge in [-0.1, -0.05) is 0 Å². The Labute approximate surface area is 183 Å². The molecule has 1 aromatic carbocycles. The Morgan fingerprint density at radius 3 is 2.84 bits per heavy atom. The predicted molar refractivity (Wildman–Crippen MR) is 124 cm³/mol. The molecule has 0 aliphatic carbocycles. The number of allylic oxidation sites excluding steroid dienone is 1. The average molecular weight is 424 g/mol. The number of hydrogen-bond acceptors (Lipinski definition) is 5. The minimum absolute atomic E-state index is 0.321. The van der Waals surface area contributed by atoms with E-state index < -0.39 is 0 Å². The molecule has 7 heteroatoms. The molecule has 1 N–H and O–H groups in total. The van der Waals surface area contributed by atoms with Crippen molar-refractivity contribution in [1.29, 1.82) is 0 Å². The van der Waals surface area contributed by atoms with E-state index in [2.05, 4.69) is 22.3 Å². The van der Waals surface area contributed by atoms with Crippen molar-refractivity contribution in [1.82, 2.24) is 19.7 Å². The van der Waals surface area contributed by atoms with Crippen molar-refractivity contribution in [2.75, 3.05) is 20.7 Å². The van der Waals surface area contributed by atoms with E-state index in [1.807, 2.05) is 61.9 Å². The molecule has 2 aromatic heterocycles. The number of nitrogens with zero attached hydrogens (tertiary/aromatic N) is 4. The van der Waals surface area contributed by atoms with Gasteiger partial charge in [0.15, 0.2) is 0 Å². The zero-order chi connectivity index (χ0) is 22.4. The van der Waals surface area contributed by atoms with E-state index in [0.29, 0.717) is 18.9 Å². The summed E-state index contributed by atoms with van der Waals surface area (Å²) in [5.41, 5.74) is 5.95. The SMILES string of the molecule is C/C=N/N(C)/C(C)=C(\C)CCOc1cc(F)ccc1-c1ccc2ncc(CNC)n2c1. The first kappa shape index (κ1) is 22.5. The van der Waals surface area contributed by atoms with Gasteiger partial charge in [0.25, 0.3) is 0 Å². The molecule has 3 aromatic rings. The highest BCUT2D eigenvalue weighted by Gasteiger charge is 2.11. The molecule has 0 bridgehead atoms. The van der Waals surface area contributed by atoms with Crippen molar-refractivity contribution in [3.8, 4) is 16.9 Å². The first-order valence-electron chi connectivity index (χ1n) is 10.4. The maximum absolute atomic E-state index is 14.0. The molecule has 0 saturated heterocycles. The number of imidazole rings is 1. The van der Waals surface area contributed by atoms with Gasteiger partial charge in [-0.3, -0.25) is 5.01 Å². The molecule has 0 aliphatic rings. The third kappa shape index (κ3) is 5.30. The largest absolute Gasteiger partial charge is 0.493 e. The lowest BCUT2D eigenvalue weighted by molar-refractivity contribution is 0.318. The van der Waals surface area contributed by atoms with Crippen LogP contribution in [0.5, 0.6) is 5.75 Å². The lowest BCUT2D eigenvalue weighted by Gasteiger charge is -2.17. The number of pyridine rings is 1. The highest BCUT2D eigenvalue weighted by molar-refractivity contribution is 5.71. The Morgan fingerprint density at radius 2 is 2.10 bits per heavy atom. The van der Waals surface area contributed by atoms with E-state index in [4.69, 9.17) is 4.74 Å². The van der Waals surface area contributed by atoms with Gasteiger partial charge in [-0.2, -0.15) is 5.10 Å². The molecule has 0 fully saturated rings. The van der Waals surface area contributed by atoms with Crippen LogP contribution in [-0.4, -0.2) is 41.3 Å². The summed E-state index contributed by atoms with van der Waals surface area (Å²) < 4.78 is 22.1. The minimum atomic E-state index is -0.321. The summed E-state index contributed by atoms with van der Waals surface area (Å²) in [7, 11) is 3.82. The Hall–Kier alpha value is -3.19. The quantitative estimate of drug-likeness (QED) is 0.394. The maximum atomic E-state index is 14.0. The third-order valence-electron chi connectivity index (χ3n) is 5.32. The Balaban J connectivity index is 1.84. The number of benzene rings is 1. The third-order valence-corrected chi connectivity index (χ3v) is 5.32. The smallest absolute Gasteiger partial charge is 0.136 e. The molecule has 0 atom stereocenters.